The summed E-state index contributed by atoms with van der Waals surface area (Å²) in [5.41, 5.74) is 8.43. The largest absolute Gasteiger partial charge is 0.399 e. The lowest BCUT2D eigenvalue weighted by atomic mass is 10.2. The van der Waals surface area contributed by atoms with Crippen LogP contribution in [0.5, 0.6) is 0 Å². The van der Waals surface area contributed by atoms with Gasteiger partial charge in [0, 0.05) is 16.1 Å². The first-order valence-electron chi connectivity index (χ1n) is 6.29. The second-order valence-corrected chi connectivity index (χ2v) is 5.81. The van der Waals surface area contributed by atoms with Crippen molar-refractivity contribution in [1.82, 2.24) is 0 Å². The number of thiophene rings is 1. The van der Waals surface area contributed by atoms with Crippen LogP contribution in [-0.4, -0.2) is 5.91 Å². The van der Waals surface area contributed by atoms with E-state index in [2.05, 4.69) is 5.32 Å². The highest BCUT2D eigenvalue weighted by Crippen LogP contribution is 2.27. The number of nitrogens with one attached hydrogen (secondary N) is 1. The van der Waals surface area contributed by atoms with E-state index in [4.69, 9.17) is 5.73 Å². The Morgan fingerprint density at radius 1 is 1.10 bits per heavy atom. The number of amides is 1. The topological polar surface area (TPSA) is 55.1 Å². The molecule has 4 heteroatoms. The molecule has 0 bridgehead atoms. The molecule has 0 aliphatic rings. The molecule has 0 saturated heterocycles. The van der Waals surface area contributed by atoms with E-state index in [1.807, 2.05) is 55.5 Å². The summed E-state index contributed by atoms with van der Waals surface area (Å²) >= 11 is 1.47. The molecule has 0 aliphatic heterocycles. The summed E-state index contributed by atoms with van der Waals surface area (Å²) in [6.45, 7) is 2.02. The highest BCUT2D eigenvalue weighted by atomic mass is 32.1. The number of nitrogen functional groups attached to an aromatic ring is 1. The van der Waals surface area contributed by atoms with E-state index in [-0.39, 0.29) is 5.91 Å². The standard InChI is InChI=1S/C16H14N2OS/c1-10-2-5-13(6-3-10)18-16(19)15-9-11-8-12(17)4-7-14(11)20-15/h2-9H,17H2,1H3,(H,18,19). The second-order valence-electron chi connectivity index (χ2n) is 4.73. The zero-order valence-electron chi connectivity index (χ0n) is 11.0. The van der Waals surface area contributed by atoms with Gasteiger partial charge in [-0.3, -0.25) is 4.79 Å². The van der Waals surface area contributed by atoms with Crippen molar-refractivity contribution >= 4 is 38.7 Å². The Morgan fingerprint density at radius 2 is 1.85 bits per heavy atom. The van der Waals surface area contributed by atoms with E-state index in [0.717, 1.165) is 15.8 Å². The molecule has 20 heavy (non-hydrogen) atoms. The van der Waals surface area contributed by atoms with Crippen LogP contribution in [0.25, 0.3) is 10.1 Å². The summed E-state index contributed by atoms with van der Waals surface area (Å²) in [7, 11) is 0. The van der Waals surface area contributed by atoms with Crippen molar-refractivity contribution in [2.24, 2.45) is 0 Å². The second kappa shape index (κ2) is 4.98. The monoisotopic (exact) mass is 282 g/mol. The van der Waals surface area contributed by atoms with Crippen molar-refractivity contribution in [3.05, 3.63) is 59.0 Å². The summed E-state index contributed by atoms with van der Waals surface area (Å²) < 4.78 is 1.06. The SMILES string of the molecule is Cc1ccc(NC(=O)c2cc3cc(N)ccc3s2)cc1. The van der Waals surface area contributed by atoms with Crippen LogP contribution in [0.2, 0.25) is 0 Å². The van der Waals surface area contributed by atoms with Crippen LogP contribution in [0, 0.1) is 6.92 Å². The highest BCUT2D eigenvalue weighted by molar-refractivity contribution is 7.20. The first-order chi connectivity index (χ1) is 9.61. The van der Waals surface area contributed by atoms with Gasteiger partial charge in [-0.05, 0) is 48.7 Å². The average molecular weight is 282 g/mol. The highest BCUT2D eigenvalue weighted by Gasteiger charge is 2.10. The number of anilines is 2. The molecule has 0 atom stereocenters. The van der Waals surface area contributed by atoms with Crippen molar-refractivity contribution < 1.29 is 4.79 Å². The number of carbonyl (C=O) groups excluding carboxylic acids is 1. The molecule has 0 fully saturated rings. The summed E-state index contributed by atoms with van der Waals surface area (Å²) in [4.78, 5) is 12.9. The van der Waals surface area contributed by atoms with Crippen molar-refractivity contribution in [2.45, 2.75) is 6.92 Å². The van der Waals surface area contributed by atoms with Crippen LogP contribution in [0.4, 0.5) is 11.4 Å². The molecule has 1 heterocycles. The quantitative estimate of drug-likeness (QED) is 0.697. The molecule has 3 rings (SSSR count). The molecule has 1 amide bonds. The summed E-state index contributed by atoms with van der Waals surface area (Å²) in [5, 5.41) is 3.90. The number of hydrogen-bond donors (Lipinski definition) is 2. The van der Waals surface area contributed by atoms with Crippen LogP contribution < -0.4 is 11.1 Å². The van der Waals surface area contributed by atoms with Crippen molar-refractivity contribution in [2.75, 3.05) is 11.1 Å². The van der Waals surface area contributed by atoms with Gasteiger partial charge in [-0.1, -0.05) is 17.7 Å². The maximum Gasteiger partial charge on any atom is 0.265 e. The van der Waals surface area contributed by atoms with Gasteiger partial charge in [0.05, 0.1) is 4.88 Å². The van der Waals surface area contributed by atoms with Crippen molar-refractivity contribution in [3.63, 3.8) is 0 Å². The summed E-state index contributed by atoms with van der Waals surface area (Å²) in [6, 6.07) is 15.3. The first kappa shape index (κ1) is 12.7. The van der Waals surface area contributed by atoms with Crippen LogP contribution in [0.1, 0.15) is 15.2 Å². The van der Waals surface area contributed by atoms with Gasteiger partial charge >= 0.3 is 0 Å². The third-order valence-corrected chi connectivity index (χ3v) is 4.19. The van der Waals surface area contributed by atoms with Gasteiger partial charge in [-0.2, -0.15) is 0 Å². The van der Waals surface area contributed by atoms with Gasteiger partial charge < -0.3 is 11.1 Å². The van der Waals surface area contributed by atoms with Crippen molar-refractivity contribution in [1.29, 1.82) is 0 Å². The Morgan fingerprint density at radius 3 is 2.60 bits per heavy atom. The maximum atomic E-state index is 12.2. The van der Waals surface area contributed by atoms with E-state index < -0.39 is 0 Å². The fourth-order valence-electron chi connectivity index (χ4n) is 2.00. The minimum Gasteiger partial charge on any atom is -0.399 e. The molecule has 0 unspecified atom stereocenters. The normalized spacial score (nSPS) is 10.7. The predicted molar refractivity (Wildman–Crippen MR) is 85.4 cm³/mol. The molecule has 2 aromatic carbocycles. The Bertz CT molecular complexity index is 775. The molecular formula is C16H14N2OS. The fraction of sp³-hybridized carbons (Fsp3) is 0.0625. The van der Waals surface area contributed by atoms with E-state index >= 15 is 0 Å². The zero-order valence-corrected chi connectivity index (χ0v) is 11.8. The van der Waals surface area contributed by atoms with Crippen LogP contribution in [0.15, 0.2) is 48.5 Å². The smallest absolute Gasteiger partial charge is 0.265 e. The van der Waals surface area contributed by atoms with Gasteiger partial charge in [-0.15, -0.1) is 11.3 Å². The molecule has 0 spiro atoms. The van der Waals surface area contributed by atoms with E-state index in [9.17, 15) is 4.79 Å². The lowest BCUT2D eigenvalue weighted by Crippen LogP contribution is -2.09. The van der Waals surface area contributed by atoms with Crippen LogP contribution in [0.3, 0.4) is 0 Å². The number of nitrogens with two attached hydrogens (primary N) is 1. The molecule has 0 saturated carbocycles. The predicted octanol–water partition coefficient (Wildman–Crippen LogP) is 4.04. The third kappa shape index (κ3) is 2.51. The number of aryl methyl sites for hydroxylation is 1. The first-order valence-corrected chi connectivity index (χ1v) is 7.10. The third-order valence-electron chi connectivity index (χ3n) is 3.07. The fourth-order valence-corrected chi connectivity index (χ4v) is 2.94. The molecule has 3 aromatic rings. The molecular weight excluding hydrogens is 268 g/mol. The molecule has 3 nitrogen and oxygen atoms in total. The Hall–Kier alpha value is -2.33. The van der Waals surface area contributed by atoms with E-state index in [1.165, 1.54) is 16.9 Å². The lowest BCUT2D eigenvalue weighted by Gasteiger charge is -2.03. The molecule has 0 radical (unpaired) electrons. The number of benzene rings is 2. The Kier molecular flexibility index (Phi) is 3.16. The van der Waals surface area contributed by atoms with Gasteiger partial charge in [-0.25, -0.2) is 0 Å². The van der Waals surface area contributed by atoms with Crippen LogP contribution >= 0.6 is 11.3 Å². The van der Waals surface area contributed by atoms with Gasteiger partial charge in [0.15, 0.2) is 0 Å². The zero-order chi connectivity index (χ0) is 14.1. The summed E-state index contributed by atoms with van der Waals surface area (Å²) in [5.74, 6) is -0.0892. The molecule has 3 N–H and O–H groups in total. The lowest BCUT2D eigenvalue weighted by molar-refractivity contribution is 0.103. The molecule has 100 valence electrons. The maximum absolute atomic E-state index is 12.2. The number of rotatable bonds is 2. The average Bonchev–Trinajstić information content (AvgIpc) is 2.84. The number of carbonyl (C=O) groups is 1. The van der Waals surface area contributed by atoms with Gasteiger partial charge in [0.1, 0.15) is 0 Å². The van der Waals surface area contributed by atoms with Gasteiger partial charge in [0.25, 0.3) is 5.91 Å². The molecule has 0 aliphatic carbocycles. The van der Waals surface area contributed by atoms with E-state index in [0.29, 0.717) is 10.6 Å². The van der Waals surface area contributed by atoms with Crippen molar-refractivity contribution in [3.8, 4) is 0 Å². The van der Waals surface area contributed by atoms with Gasteiger partial charge in [0.2, 0.25) is 0 Å². The summed E-state index contributed by atoms with van der Waals surface area (Å²) in [6.07, 6.45) is 0. The Balaban J connectivity index is 1.86. The number of hydrogen-bond acceptors (Lipinski definition) is 3. The molecule has 1 aromatic heterocycles. The minimum absolute atomic E-state index is 0.0892. The van der Waals surface area contributed by atoms with Crippen LogP contribution in [-0.2, 0) is 0 Å². The Labute approximate surface area is 121 Å². The van der Waals surface area contributed by atoms with E-state index in [1.54, 1.807) is 0 Å². The minimum atomic E-state index is -0.0892. The number of fused-ring (bicyclic) bond motifs is 1.